The molecule has 0 aliphatic carbocycles. The largest absolute Gasteiger partial charge is 0.446 e. The van der Waals surface area contributed by atoms with E-state index >= 15 is 0 Å². The van der Waals surface area contributed by atoms with Gasteiger partial charge in [-0.3, -0.25) is 4.90 Å². The average molecular weight is 249 g/mol. The fraction of sp³-hybridized carbons (Fsp3) is 0.533. The van der Waals surface area contributed by atoms with Crippen molar-refractivity contribution < 1.29 is 9.53 Å². The quantitative estimate of drug-likeness (QED) is 0.784. The lowest BCUT2D eigenvalue weighted by atomic mass is 10.2. The van der Waals surface area contributed by atoms with Crippen LogP contribution in [0.3, 0.4) is 0 Å². The fourth-order valence-corrected chi connectivity index (χ4v) is 1.68. The molecule has 0 saturated carbocycles. The van der Waals surface area contributed by atoms with Gasteiger partial charge in [-0.1, -0.05) is 37.5 Å². The highest BCUT2D eigenvalue weighted by atomic mass is 16.6. The number of hydrogen-bond donors (Lipinski definition) is 0. The summed E-state index contributed by atoms with van der Waals surface area (Å²) in [7, 11) is 1.74. The minimum absolute atomic E-state index is 0.0228. The van der Waals surface area contributed by atoms with Crippen LogP contribution in [0, 0.1) is 6.92 Å². The monoisotopic (exact) mass is 249 g/mol. The van der Waals surface area contributed by atoms with E-state index in [1.54, 1.807) is 11.9 Å². The first kappa shape index (κ1) is 14.6. The first-order chi connectivity index (χ1) is 8.54. The van der Waals surface area contributed by atoms with Crippen molar-refractivity contribution in [3.05, 3.63) is 29.8 Å². The number of unbranched alkanes of at least 4 members (excludes halogenated alkanes) is 1. The van der Waals surface area contributed by atoms with E-state index in [2.05, 4.69) is 6.92 Å². The van der Waals surface area contributed by atoms with Gasteiger partial charge in [-0.2, -0.15) is 0 Å². The van der Waals surface area contributed by atoms with Gasteiger partial charge < -0.3 is 4.74 Å². The standard InChI is InChI=1S/C15H23NO2/c1-5-6-7-13(3)18-15(17)16(4)14-10-8-12(2)9-11-14/h8-11,13H,5-7H2,1-4H3. The first-order valence-electron chi connectivity index (χ1n) is 6.55. The maximum Gasteiger partial charge on any atom is 0.414 e. The molecule has 1 atom stereocenters. The Labute approximate surface area is 110 Å². The average Bonchev–Trinajstić information content (AvgIpc) is 2.36. The molecule has 0 spiro atoms. The van der Waals surface area contributed by atoms with Crippen LogP contribution in [0.5, 0.6) is 0 Å². The summed E-state index contributed by atoms with van der Waals surface area (Å²) in [5.41, 5.74) is 2.03. The van der Waals surface area contributed by atoms with Crippen molar-refractivity contribution in [3.63, 3.8) is 0 Å². The van der Waals surface area contributed by atoms with Crippen LogP contribution < -0.4 is 4.90 Å². The van der Waals surface area contributed by atoms with Crippen molar-refractivity contribution in [2.75, 3.05) is 11.9 Å². The number of ether oxygens (including phenoxy) is 1. The number of anilines is 1. The number of carbonyl (C=O) groups is 1. The summed E-state index contributed by atoms with van der Waals surface area (Å²) in [5, 5.41) is 0. The topological polar surface area (TPSA) is 29.5 Å². The molecule has 0 saturated heterocycles. The first-order valence-corrected chi connectivity index (χ1v) is 6.55. The van der Waals surface area contributed by atoms with E-state index in [-0.39, 0.29) is 12.2 Å². The molecule has 0 aromatic heterocycles. The van der Waals surface area contributed by atoms with Gasteiger partial charge in [-0.05, 0) is 32.4 Å². The van der Waals surface area contributed by atoms with Crippen molar-refractivity contribution in [1.29, 1.82) is 0 Å². The Morgan fingerprint density at radius 2 is 1.94 bits per heavy atom. The van der Waals surface area contributed by atoms with Crippen LogP contribution in [-0.2, 0) is 4.74 Å². The SMILES string of the molecule is CCCCC(C)OC(=O)N(C)c1ccc(C)cc1. The number of aryl methyl sites for hydroxylation is 1. The van der Waals surface area contributed by atoms with Crippen LogP contribution in [0.4, 0.5) is 10.5 Å². The predicted octanol–water partition coefficient (Wildman–Crippen LogP) is 4.15. The normalized spacial score (nSPS) is 12.0. The van der Waals surface area contributed by atoms with Gasteiger partial charge in [0.15, 0.2) is 0 Å². The molecular weight excluding hydrogens is 226 g/mol. The zero-order valence-electron chi connectivity index (χ0n) is 11.8. The summed E-state index contributed by atoms with van der Waals surface area (Å²) < 4.78 is 5.39. The number of hydrogen-bond acceptors (Lipinski definition) is 2. The third kappa shape index (κ3) is 4.40. The lowest BCUT2D eigenvalue weighted by Crippen LogP contribution is -2.30. The van der Waals surface area contributed by atoms with Crippen LogP contribution in [-0.4, -0.2) is 19.2 Å². The van der Waals surface area contributed by atoms with Gasteiger partial charge in [0.1, 0.15) is 6.10 Å². The number of carbonyl (C=O) groups excluding carboxylic acids is 1. The molecule has 0 aliphatic rings. The van der Waals surface area contributed by atoms with Gasteiger partial charge in [-0.15, -0.1) is 0 Å². The van der Waals surface area contributed by atoms with Crippen molar-refractivity contribution in [1.82, 2.24) is 0 Å². The van der Waals surface area contributed by atoms with Gasteiger partial charge in [0, 0.05) is 12.7 Å². The molecule has 1 aromatic carbocycles. The highest BCUT2D eigenvalue weighted by Gasteiger charge is 2.15. The maximum absolute atomic E-state index is 11.9. The summed E-state index contributed by atoms with van der Waals surface area (Å²) in [5.74, 6) is 0. The van der Waals surface area contributed by atoms with Crippen LogP contribution in [0.15, 0.2) is 24.3 Å². The second-order valence-corrected chi connectivity index (χ2v) is 4.73. The van der Waals surface area contributed by atoms with Gasteiger partial charge in [-0.25, -0.2) is 4.79 Å². The lowest BCUT2D eigenvalue weighted by Gasteiger charge is -2.20. The van der Waals surface area contributed by atoms with E-state index in [1.807, 2.05) is 38.1 Å². The highest BCUT2D eigenvalue weighted by molar-refractivity contribution is 5.87. The zero-order chi connectivity index (χ0) is 13.5. The molecule has 0 aliphatic heterocycles. The van der Waals surface area contributed by atoms with Crippen LogP contribution >= 0.6 is 0 Å². The molecule has 0 fully saturated rings. The molecule has 3 nitrogen and oxygen atoms in total. The Balaban J connectivity index is 2.53. The second kappa shape index (κ2) is 7.04. The highest BCUT2D eigenvalue weighted by Crippen LogP contribution is 2.15. The Morgan fingerprint density at radius 1 is 1.33 bits per heavy atom. The third-order valence-corrected chi connectivity index (χ3v) is 2.96. The molecule has 1 amide bonds. The van der Waals surface area contributed by atoms with Crippen LogP contribution in [0.25, 0.3) is 0 Å². The van der Waals surface area contributed by atoms with Gasteiger partial charge >= 0.3 is 6.09 Å². The summed E-state index contributed by atoms with van der Waals surface area (Å²) >= 11 is 0. The molecule has 3 heteroatoms. The molecule has 0 radical (unpaired) electrons. The third-order valence-electron chi connectivity index (χ3n) is 2.96. The number of nitrogens with zero attached hydrogens (tertiary/aromatic N) is 1. The molecule has 0 heterocycles. The van der Waals surface area contributed by atoms with Crippen molar-refractivity contribution in [2.45, 2.75) is 46.1 Å². The minimum atomic E-state index is -0.289. The molecular formula is C15H23NO2. The smallest absolute Gasteiger partial charge is 0.414 e. The summed E-state index contributed by atoms with van der Waals surface area (Å²) in [4.78, 5) is 13.4. The zero-order valence-corrected chi connectivity index (χ0v) is 11.8. The van der Waals surface area contributed by atoms with E-state index in [9.17, 15) is 4.79 Å². The second-order valence-electron chi connectivity index (χ2n) is 4.73. The molecule has 0 bridgehead atoms. The Morgan fingerprint density at radius 3 is 2.50 bits per heavy atom. The van der Waals surface area contributed by atoms with Crippen LogP contribution in [0.2, 0.25) is 0 Å². The molecule has 1 rings (SSSR count). The number of amides is 1. The van der Waals surface area contributed by atoms with E-state index < -0.39 is 0 Å². The maximum atomic E-state index is 11.9. The summed E-state index contributed by atoms with van der Waals surface area (Å²) in [6.07, 6.45) is 2.82. The van der Waals surface area contributed by atoms with Gasteiger partial charge in [0.25, 0.3) is 0 Å². The molecule has 18 heavy (non-hydrogen) atoms. The van der Waals surface area contributed by atoms with E-state index in [0.29, 0.717) is 0 Å². The molecule has 1 unspecified atom stereocenters. The van der Waals surface area contributed by atoms with Crippen molar-refractivity contribution >= 4 is 11.8 Å². The fourth-order valence-electron chi connectivity index (χ4n) is 1.68. The van der Waals surface area contributed by atoms with Crippen LogP contribution in [0.1, 0.15) is 38.7 Å². The Bertz CT molecular complexity index is 373. The van der Waals surface area contributed by atoms with E-state index in [4.69, 9.17) is 4.74 Å². The Kier molecular flexibility index (Phi) is 5.69. The van der Waals surface area contributed by atoms with E-state index in [0.717, 1.165) is 24.9 Å². The van der Waals surface area contributed by atoms with Gasteiger partial charge in [0.2, 0.25) is 0 Å². The van der Waals surface area contributed by atoms with E-state index in [1.165, 1.54) is 5.56 Å². The lowest BCUT2D eigenvalue weighted by molar-refractivity contribution is 0.108. The minimum Gasteiger partial charge on any atom is -0.446 e. The van der Waals surface area contributed by atoms with Gasteiger partial charge in [0.05, 0.1) is 0 Å². The summed E-state index contributed by atoms with van der Waals surface area (Å²) in [6, 6.07) is 7.82. The number of rotatable bonds is 5. The Hall–Kier alpha value is -1.51. The molecule has 1 aromatic rings. The molecule has 100 valence electrons. The van der Waals surface area contributed by atoms with Crippen molar-refractivity contribution in [3.8, 4) is 0 Å². The summed E-state index contributed by atoms with van der Waals surface area (Å²) in [6.45, 7) is 6.10. The number of benzene rings is 1. The molecule has 0 N–H and O–H groups in total. The van der Waals surface area contributed by atoms with Crippen molar-refractivity contribution in [2.24, 2.45) is 0 Å². The predicted molar refractivity (Wildman–Crippen MR) is 75.1 cm³/mol.